The van der Waals surface area contributed by atoms with Gasteiger partial charge in [0.2, 0.25) is 5.91 Å². The summed E-state index contributed by atoms with van der Waals surface area (Å²) in [6, 6.07) is 28.8. The average molecular weight is 412 g/mol. The van der Waals surface area contributed by atoms with Crippen LogP contribution >= 0.6 is 0 Å². The van der Waals surface area contributed by atoms with Crippen LogP contribution in [0, 0.1) is 0 Å². The van der Waals surface area contributed by atoms with Crippen LogP contribution in [0.3, 0.4) is 0 Å². The predicted octanol–water partition coefficient (Wildman–Crippen LogP) is 5.16. The van der Waals surface area contributed by atoms with Crippen molar-refractivity contribution < 1.29 is 4.79 Å². The maximum atomic E-state index is 12.1. The fourth-order valence-corrected chi connectivity index (χ4v) is 3.92. The van der Waals surface area contributed by atoms with E-state index in [4.69, 9.17) is 4.98 Å². The predicted molar refractivity (Wildman–Crippen MR) is 126 cm³/mol. The SMILES string of the molecule is O=C(Cc1ccccc1)NCCCCCc1nc2ccccc2n1Cc1ccccc1. The molecule has 0 radical (unpaired) electrons. The van der Waals surface area contributed by atoms with Crippen LogP contribution in [0.2, 0.25) is 0 Å². The summed E-state index contributed by atoms with van der Waals surface area (Å²) >= 11 is 0. The standard InChI is InChI=1S/C27H29N3O/c31-27(20-22-12-4-1-5-13-22)28-19-11-3-8-18-26-29-24-16-9-10-17-25(24)30(26)21-23-14-6-2-7-15-23/h1-2,4-7,9-10,12-17H,3,8,11,18-21H2,(H,28,31). The monoisotopic (exact) mass is 411 g/mol. The van der Waals surface area contributed by atoms with E-state index in [1.807, 2.05) is 36.4 Å². The molecule has 0 spiro atoms. The topological polar surface area (TPSA) is 46.9 Å². The van der Waals surface area contributed by atoms with E-state index in [2.05, 4.69) is 58.4 Å². The van der Waals surface area contributed by atoms with E-state index in [0.717, 1.165) is 55.7 Å². The average Bonchev–Trinajstić information content (AvgIpc) is 3.15. The molecule has 4 rings (SSSR count). The highest BCUT2D eigenvalue weighted by molar-refractivity contribution is 5.78. The van der Waals surface area contributed by atoms with Crippen LogP contribution < -0.4 is 5.32 Å². The number of aromatic nitrogens is 2. The van der Waals surface area contributed by atoms with Crippen molar-refractivity contribution in [2.75, 3.05) is 6.54 Å². The molecule has 4 nitrogen and oxygen atoms in total. The minimum atomic E-state index is 0.0934. The molecule has 0 bridgehead atoms. The number of nitrogens with zero attached hydrogens (tertiary/aromatic N) is 2. The van der Waals surface area contributed by atoms with Crippen LogP contribution in [0.5, 0.6) is 0 Å². The second-order valence-electron chi connectivity index (χ2n) is 7.91. The van der Waals surface area contributed by atoms with Gasteiger partial charge in [-0.3, -0.25) is 4.79 Å². The summed E-state index contributed by atoms with van der Waals surface area (Å²) in [6.45, 7) is 1.57. The molecule has 0 atom stereocenters. The second kappa shape index (κ2) is 10.6. The minimum absolute atomic E-state index is 0.0934. The number of carbonyl (C=O) groups is 1. The number of aryl methyl sites for hydroxylation is 1. The first-order valence-corrected chi connectivity index (χ1v) is 11.1. The number of amides is 1. The van der Waals surface area contributed by atoms with Gasteiger partial charge >= 0.3 is 0 Å². The second-order valence-corrected chi connectivity index (χ2v) is 7.91. The fraction of sp³-hybridized carbons (Fsp3) is 0.259. The Balaban J connectivity index is 1.27. The van der Waals surface area contributed by atoms with E-state index in [9.17, 15) is 4.79 Å². The number of benzene rings is 3. The normalized spacial score (nSPS) is 11.0. The number of imidazole rings is 1. The molecule has 1 amide bonds. The fourth-order valence-electron chi connectivity index (χ4n) is 3.92. The molecule has 1 N–H and O–H groups in total. The molecule has 3 aromatic carbocycles. The molecule has 158 valence electrons. The molecular weight excluding hydrogens is 382 g/mol. The molecule has 4 heteroatoms. The third-order valence-electron chi connectivity index (χ3n) is 5.52. The van der Waals surface area contributed by atoms with E-state index < -0.39 is 0 Å². The number of unbranched alkanes of at least 4 members (excludes halogenated alkanes) is 2. The number of fused-ring (bicyclic) bond motifs is 1. The first kappa shape index (κ1) is 20.9. The van der Waals surface area contributed by atoms with Crippen molar-refractivity contribution >= 4 is 16.9 Å². The summed E-state index contributed by atoms with van der Waals surface area (Å²) in [5.41, 5.74) is 4.58. The van der Waals surface area contributed by atoms with Crippen molar-refractivity contribution in [1.29, 1.82) is 0 Å². The van der Waals surface area contributed by atoms with Gasteiger partial charge < -0.3 is 9.88 Å². The van der Waals surface area contributed by atoms with Crippen molar-refractivity contribution in [3.8, 4) is 0 Å². The summed E-state index contributed by atoms with van der Waals surface area (Å²) < 4.78 is 2.34. The maximum absolute atomic E-state index is 12.1. The van der Waals surface area contributed by atoms with Crippen molar-refractivity contribution in [2.24, 2.45) is 0 Å². The van der Waals surface area contributed by atoms with Gasteiger partial charge in [-0.2, -0.15) is 0 Å². The molecule has 0 aliphatic rings. The number of para-hydroxylation sites is 2. The van der Waals surface area contributed by atoms with Crippen molar-refractivity contribution in [3.63, 3.8) is 0 Å². The summed E-state index contributed by atoms with van der Waals surface area (Å²) in [7, 11) is 0. The number of rotatable bonds is 10. The van der Waals surface area contributed by atoms with Gasteiger partial charge in [0.1, 0.15) is 5.82 Å². The summed E-state index contributed by atoms with van der Waals surface area (Å²) in [5.74, 6) is 1.23. The van der Waals surface area contributed by atoms with Gasteiger partial charge in [-0.05, 0) is 36.1 Å². The van der Waals surface area contributed by atoms with Crippen molar-refractivity contribution in [3.05, 3.63) is 102 Å². The first-order chi connectivity index (χ1) is 15.3. The zero-order valence-corrected chi connectivity index (χ0v) is 17.8. The van der Waals surface area contributed by atoms with Crippen LogP contribution in [0.1, 0.15) is 36.2 Å². The Morgan fingerprint density at radius 3 is 2.23 bits per heavy atom. The molecule has 1 heterocycles. The van der Waals surface area contributed by atoms with Gasteiger partial charge in [-0.1, -0.05) is 79.2 Å². The van der Waals surface area contributed by atoms with Gasteiger partial charge in [0, 0.05) is 19.5 Å². The lowest BCUT2D eigenvalue weighted by Gasteiger charge is -2.10. The highest BCUT2D eigenvalue weighted by Gasteiger charge is 2.10. The number of hydrogen-bond acceptors (Lipinski definition) is 2. The number of nitrogens with one attached hydrogen (secondary N) is 1. The lowest BCUT2D eigenvalue weighted by Crippen LogP contribution is -2.26. The molecule has 4 aromatic rings. The van der Waals surface area contributed by atoms with E-state index in [-0.39, 0.29) is 5.91 Å². The summed E-state index contributed by atoms with van der Waals surface area (Å²) in [5, 5.41) is 3.04. The van der Waals surface area contributed by atoms with E-state index >= 15 is 0 Å². The maximum Gasteiger partial charge on any atom is 0.224 e. The Kier molecular flexibility index (Phi) is 7.12. The van der Waals surface area contributed by atoms with Gasteiger partial charge in [0.25, 0.3) is 0 Å². The molecule has 0 aliphatic heterocycles. The molecule has 0 unspecified atom stereocenters. The van der Waals surface area contributed by atoms with E-state index in [1.165, 1.54) is 11.1 Å². The van der Waals surface area contributed by atoms with Crippen molar-refractivity contribution in [2.45, 2.75) is 38.6 Å². The zero-order chi connectivity index (χ0) is 21.3. The molecule has 0 fully saturated rings. The molecule has 31 heavy (non-hydrogen) atoms. The Hall–Kier alpha value is -3.40. The van der Waals surface area contributed by atoms with Crippen LogP contribution in [0.25, 0.3) is 11.0 Å². The number of hydrogen-bond donors (Lipinski definition) is 1. The third-order valence-corrected chi connectivity index (χ3v) is 5.52. The number of carbonyl (C=O) groups excluding carboxylic acids is 1. The zero-order valence-electron chi connectivity index (χ0n) is 17.8. The van der Waals surface area contributed by atoms with E-state index in [1.54, 1.807) is 0 Å². The van der Waals surface area contributed by atoms with Crippen LogP contribution in [-0.2, 0) is 24.2 Å². The Bertz CT molecular complexity index is 1100. The third kappa shape index (κ3) is 5.82. The Labute approximate surface area is 183 Å². The first-order valence-electron chi connectivity index (χ1n) is 11.1. The van der Waals surface area contributed by atoms with Crippen LogP contribution in [-0.4, -0.2) is 22.0 Å². The molecule has 0 saturated heterocycles. The van der Waals surface area contributed by atoms with E-state index in [0.29, 0.717) is 6.42 Å². The quantitative estimate of drug-likeness (QED) is 0.367. The minimum Gasteiger partial charge on any atom is -0.356 e. The lowest BCUT2D eigenvalue weighted by molar-refractivity contribution is -0.120. The molecule has 0 aliphatic carbocycles. The van der Waals surface area contributed by atoms with Crippen LogP contribution in [0.15, 0.2) is 84.9 Å². The van der Waals surface area contributed by atoms with Gasteiger partial charge in [0.15, 0.2) is 0 Å². The molecule has 0 saturated carbocycles. The Morgan fingerprint density at radius 2 is 1.45 bits per heavy atom. The lowest BCUT2D eigenvalue weighted by atomic mass is 10.1. The van der Waals surface area contributed by atoms with Gasteiger partial charge in [-0.15, -0.1) is 0 Å². The Morgan fingerprint density at radius 1 is 0.774 bits per heavy atom. The smallest absolute Gasteiger partial charge is 0.224 e. The highest BCUT2D eigenvalue weighted by atomic mass is 16.1. The molecule has 1 aromatic heterocycles. The largest absolute Gasteiger partial charge is 0.356 e. The van der Waals surface area contributed by atoms with Crippen LogP contribution in [0.4, 0.5) is 0 Å². The molecular formula is C27H29N3O. The van der Waals surface area contributed by atoms with Gasteiger partial charge in [-0.25, -0.2) is 4.98 Å². The highest BCUT2D eigenvalue weighted by Crippen LogP contribution is 2.19. The summed E-state index contributed by atoms with van der Waals surface area (Å²) in [4.78, 5) is 17.0. The van der Waals surface area contributed by atoms with Gasteiger partial charge in [0.05, 0.1) is 17.5 Å². The summed E-state index contributed by atoms with van der Waals surface area (Å²) in [6.07, 6.45) is 4.51. The van der Waals surface area contributed by atoms with Crippen molar-refractivity contribution in [1.82, 2.24) is 14.9 Å².